The van der Waals surface area contributed by atoms with Gasteiger partial charge in [0.15, 0.2) is 0 Å². The lowest BCUT2D eigenvalue weighted by atomic mass is 10.5. The van der Waals surface area contributed by atoms with Gasteiger partial charge in [0.05, 0.1) is 0 Å². The first-order chi connectivity index (χ1) is 3.31. The Morgan fingerprint density at radius 3 is 2.43 bits per heavy atom. The average Bonchev–Trinajstić information content (AvgIpc) is 1.68. The van der Waals surface area contributed by atoms with Gasteiger partial charge in [-0.2, -0.15) is 0 Å². The molecule has 0 aliphatic rings. The monoisotopic (exact) mass is 119 g/mol. The van der Waals surface area contributed by atoms with Gasteiger partial charge in [-0.15, -0.1) is 0 Å². The molecule has 0 radical (unpaired) electrons. The molecule has 0 saturated carbocycles. The van der Waals surface area contributed by atoms with Gasteiger partial charge < -0.3 is 11.5 Å². The van der Waals surface area contributed by atoms with E-state index < -0.39 is 0 Å². The van der Waals surface area contributed by atoms with E-state index in [1.807, 2.05) is 0 Å². The Hall–Kier alpha value is -0.190. The van der Waals surface area contributed by atoms with Gasteiger partial charge in [-0.1, -0.05) is 11.9 Å². The average molecular weight is 119 g/mol. The maximum absolute atomic E-state index is 5.22. The van der Waals surface area contributed by atoms with Crippen molar-refractivity contribution < 1.29 is 0 Å². The minimum absolute atomic E-state index is 0.379. The van der Waals surface area contributed by atoms with E-state index in [-0.39, 0.29) is 0 Å². The molecule has 3 nitrogen and oxygen atoms in total. The molecule has 0 aliphatic carbocycles. The lowest BCUT2D eigenvalue weighted by molar-refractivity contribution is 1.11. The molecule has 0 rings (SSSR count). The van der Waals surface area contributed by atoms with Gasteiger partial charge in [0.1, 0.15) is 0 Å². The number of nitrogens with two attached hydrogens (primary N) is 3. The fraction of sp³-hybridized carbons (Fsp3) is 0.333. The van der Waals surface area contributed by atoms with Crippen molar-refractivity contribution in [3.8, 4) is 0 Å². The van der Waals surface area contributed by atoms with Gasteiger partial charge in [-0.25, -0.2) is 0 Å². The van der Waals surface area contributed by atoms with Gasteiger partial charge in [-0.3, -0.25) is 5.14 Å². The molecule has 6 N–H and O–H groups in total. The molecule has 0 amide bonds. The Balaban J connectivity index is 3.29. The van der Waals surface area contributed by atoms with E-state index in [9.17, 15) is 0 Å². The van der Waals surface area contributed by atoms with Gasteiger partial charge in [-0.05, 0) is 0 Å². The van der Waals surface area contributed by atoms with Crippen LogP contribution in [0.2, 0.25) is 0 Å². The maximum Gasteiger partial charge on any atom is 0.0332 e. The second-order valence-electron chi connectivity index (χ2n) is 1.03. The van der Waals surface area contributed by atoms with Crippen molar-refractivity contribution in [2.24, 2.45) is 16.6 Å². The molecule has 0 aromatic rings. The predicted octanol–water partition coefficient (Wildman–Crippen LogP) is -0.648. The topological polar surface area (TPSA) is 78.1 Å². The van der Waals surface area contributed by atoms with E-state index in [2.05, 4.69) is 0 Å². The Bertz CT molecular complexity index is 70.6. The Morgan fingerprint density at radius 1 is 1.71 bits per heavy atom. The van der Waals surface area contributed by atoms with Crippen LogP contribution in [0.5, 0.6) is 0 Å². The summed E-state index contributed by atoms with van der Waals surface area (Å²) in [7, 11) is 0. The van der Waals surface area contributed by atoms with Gasteiger partial charge >= 0.3 is 0 Å². The number of hydrogen-bond donors (Lipinski definition) is 3. The molecule has 0 unspecified atom stereocenters. The standard InChI is InChI=1S/C3H9N3S/c4-1-3(5)2-7-6/h2H,1,4-6H2/b3-2-. The van der Waals surface area contributed by atoms with Crippen molar-refractivity contribution in [3.63, 3.8) is 0 Å². The van der Waals surface area contributed by atoms with Crippen LogP contribution in [0.4, 0.5) is 0 Å². The van der Waals surface area contributed by atoms with Crippen molar-refractivity contribution in [1.82, 2.24) is 0 Å². The summed E-state index contributed by atoms with van der Waals surface area (Å²) in [5, 5.41) is 6.62. The van der Waals surface area contributed by atoms with E-state index >= 15 is 0 Å². The highest BCUT2D eigenvalue weighted by molar-refractivity contribution is 7.99. The minimum Gasteiger partial charge on any atom is -0.401 e. The van der Waals surface area contributed by atoms with E-state index in [0.29, 0.717) is 12.2 Å². The normalized spacial score (nSPS) is 12.0. The molecule has 0 aromatic heterocycles. The molecule has 0 heterocycles. The van der Waals surface area contributed by atoms with Crippen molar-refractivity contribution in [2.75, 3.05) is 6.54 Å². The van der Waals surface area contributed by atoms with Crippen LogP contribution in [0.25, 0.3) is 0 Å². The highest BCUT2D eigenvalue weighted by Gasteiger charge is 1.78. The third-order valence-electron chi connectivity index (χ3n) is 0.455. The van der Waals surface area contributed by atoms with Gasteiger partial charge in [0, 0.05) is 17.6 Å². The van der Waals surface area contributed by atoms with Crippen molar-refractivity contribution in [1.29, 1.82) is 0 Å². The van der Waals surface area contributed by atoms with Crippen molar-refractivity contribution in [2.45, 2.75) is 0 Å². The van der Waals surface area contributed by atoms with E-state index in [1.165, 1.54) is 0 Å². The zero-order chi connectivity index (χ0) is 5.70. The van der Waals surface area contributed by atoms with E-state index in [0.717, 1.165) is 11.9 Å². The number of hydrogen-bond acceptors (Lipinski definition) is 4. The molecule has 0 aliphatic heterocycles. The second-order valence-corrected chi connectivity index (χ2v) is 1.54. The first kappa shape index (κ1) is 6.81. The molecule has 0 saturated heterocycles. The zero-order valence-corrected chi connectivity index (χ0v) is 4.74. The third-order valence-corrected chi connectivity index (χ3v) is 0.894. The molecule has 0 fully saturated rings. The molecular weight excluding hydrogens is 110 g/mol. The largest absolute Gasteiger partial charge is 0.401 e. The summed E-state index contributed by atoms with van der Waals surface area (Å²) < 4.78 is 0. The van der Waals surface area contributed by atoms with Crippen LogP contribution in [0.15, 0.2) is 11.1 Å². The van der Waals surface area contributed by atoms with Crippen LogP contribution in [0.3, 0.4) is 0 Å². The molecule has 0 aromatic carbocycles. The second kappa shape index (κ2) is 3.98. The Kier molecular flexibility index (Phi) is 3.87. The summed E-state index contributed by atoms with van der Waals surface area (Å²) in [4.78, 5) is 0. The van der Waals surface area contributed by atoms with Gasteiger partial charge in [0.25, 0.3) is 0 Å². The first-order valence-electron chi connectivity index (χ1n) is 1.81. The van der Waals surface area contributed by atoms with Crippen LogP contribution in [-0.4, -0.2) is 6.54 Å². The fourth-order valence-electron chi connectivity index (χ4n) is 0.136. The van der Waals surface area contributed by atoms with Crippen LogP contribution in [0.1, 0.15) is 0 Å². The Labute approximate surface area is 47.1 Å². The van der Waals surface area contributed by atoms with E-state index in [1.54, 1.807) is 5.41 Å². The fourth-order valence-corrected chi connectivity index (χ4v) is 0.407. The van der Waals surface area contributed by atoms with Crippen LogP contribution < -0.4 is 16.6 Å². The summed E-state index contributed by atoms with van der Waals surface area (Å²) in [6, 6.07) is 0. The lowest BCUT2D eigenvalue weighted by Crippen LogP contribution is -2.10. The summed E-state index contributed by atoms with van der Waals surface area (Å²) in [6.45, 7) is 0.379. The molecule has 7 heavy (non-hydrogen) atoms. The van der Waals surface area contributed by atoms with Crippen LogP contribution >= 0.6 is 11.9 Å². The zero-order valence-electron chi connectivity index (χ0n) is 3.92. The molecular formula is C3H9N3S. The minimum atomic E-state index is 0.379. The molecule has 4 heteroatoms. The highest BCUT2D eigenvalue weighted by Crippen LogP contribution is 1.89. The first-order valence-corrected chi connectivity index (χ1v) is 2.75. The lowest BCUT2D eigenvalue weighted by Gasteiger charge is -1.89. The van der Waals surface area contributed by atoms with Crippen molar-refractivity contribution in [3.05, 3.63) is 11.1 Å². The molecule has 42 valence electrons. The summed E-state index contributed by atoms with van der Waals surface area (Å²) >= 11 is 1.07. The van der Waals surface area contributed by atoms with Gasteiger partial charge in [0.2, 0.25) is 0 Å². The molecule has 0 atom stereocenters. The third kappa shape index (κ3) is 3.65. The summed E-state index contributed by atoms with van der Waals surface area (Å²) in [6.07, 6.45) is 0. The summed E-state index contributed by atoms with van der Waals surface area (Å²) in [5.41, 5.74) is 10.9. The quantitative estimate of drug-likeness (QED) is 0.422. The van der Waals surface area contributed by atoms with Crippen LogP contribution in [0, 0.1) is 0 Å². The van der Waals surface area contributed by atoms with Crippen LogP contribution in [-0.2, 0) is 0 Å². The van der Waals surface area contributed by atoms with Crippen molar-refractivity contribution >= 4 is 11.9 Å². The maximum atomic E-state index is 5.22. The predicted molar refractivity (Wildman–Crippen MR) is 33.1 cm³/mol. The molecule has 0 spiro atoms. The number of rotatable bonds is 2. The highest BCUT2D eigenvalue weighted by atomic mass is 32.2. The van der Waals surface area contributed by atoms with E-state index in [4.69, 9.17) is 16.6 Å². The SMILES string of the molecule is NC/C(N)=C/SN. The summed E-state index contributed by atoms with van der Waals surface area (Å²) in [5.74, 6) is 0. The Morgan fingerprint density at radius 2 is 2.29 bits per heavy atom. The molecule has 0 bridgehead atoms. The smallest absolute Gasteiger partial charge is 0.0332 e.